The first-order valence-corrected chi connectivity index (χ1v) is 9.06. The van der Waals surface area contributed by atoms with Gasteiger partial charge in [0.2, 0.25) is 0 Å². The van der Waals surface area contributed by atoms with Crippen LogP contribution in [0, 0.1) is 22.0 Å². The van der Waals surface area contributed by atoms with E-state index in [4.69, 9.17) is 0 Å². The second-order valence-electron chi connectivity index (χ2n) is 7.15. The molecule has 0 N–H and O–H groups in total. The molecule has 1 saturated heterocycles. The van der Waals surface area contributed by atoms with Gasteiger partial charge in [-0.3, -0.25) is 14.9 Å². The van der Waals surface area contributed by atoms with Crippen molar-refractivity contribution in [2.75, 3.05) is 13.1 Å². The van der Waals surface area contributed by atoms with E-state index in [-0.39, 0.29) is 11.6 Å². The second-order valence-corrected chi connectivity index (χ2v) is 7.15. The Morgan fingerprint density at radius 1 is 1.19 bits per heavy atom. The van der Waals surface area contributed by atoms with Gasteiger partial charge < -0.3 is 4.90 Å². The molecule has 1 saturated carbocycles. The van der Waals surface area contributed by atoms with Crippen LogP contribution < -0.4 is 0 Å². The zero-order valence-corrected chi connectivity index (χ0v) is 14.5. The fourth-order valence-electron chi connectivity index (χ4n) is 4.30. The SMILES string of the molecule is O=C(c1ccc(-n2cncn2)c([N+](=O)[O-])c1)N1CC[C@H]2CCCC[C@H]2C1. The fourth-order valence-corrected chi connectivity index (χ4v) is 4.30. The number of rotatable bonds is 3. The third-order valence-corrected chi connectivity index (χ3v) is 5.66. The maximum atomic E-state index is 12.9. The molecule has 26 heavy (non-hydrogen) atoms. The molecular weight excluding hydrogens is 334 g/mol. The number of carbonyl (C=O) groups is 1. The van der Waals surface area contributed by atoms with E-state index in [9.17, 15) is 14.9 Å². The molecule has 1 aromatic heterocycles. The molecule has 2 aliphatic rings. The highest BCUT2D eigenvalue weighted by molar-refractivity contribution is 5.95. The first-order valence-electron chi connectivity index (χ1n) is 9.06. The Balaban J connectivity index is 1.58. The number of hydrogen-bond donors (Lipinski definition) is 0. The van der Waals surface area contributed by atoms with Crippen LogP contribution in [0.5, 0.6) is 0 Å². The van der Waals surface area contributed by atoms with E-state index in [0.29, 0.717) is 17.2 Å². The number of aromatic nitrogens is 3. The monoisotopic (exact) mass is 355 g/mol. The Bertz CT molecular complexity index is 820. The topological polar surface area (TPSA) is 94.2 Å². The molecule has 4 rings (SSSR count). The van der Waals surface area contributed by atoms with Crippen molar-refractivity contribution in [1.82, 2.24) is 19.7 Å². The highest BCUT2D eigenvalue weighted by Crippen LogP contribution is 2.36. The molecule has 2 fully saturated rings. The highest BCUT2D eigenvalue weighted by atomic mass is 16.6. The molecule has 0 spiro atoms. The third kappa shape index (κ3) is 3.07. The Morgan fingerprint density at radius 3 is 2.73 bits per heavy atom. The van der Waals surface area contributed by atoms with Gasteiger partial charge in [-0.25, -0.2) is 9.67 Å². The van der Waals surface area contributed by atoms with Crippen LogP contribution in [0.15, 0.2) is 30.9 Å². The molecule has 136 valence electrons. The Hall–Kier alpha value is -2.77. The Labute approximate surface area is 151 Å². The van der Waals surface area contributed by atoms with Crippen LogP contribution in [-0.4, -0.2) is 43.6 Å². The molecule has 2 heterocycles. The van der Waals surface area contributed by atoms with Crippen LogP contribution in [0.4, 0.5) is 5.69 Å². The molecule has 1 aromatic carbocycles. The largest absolute Gasteiger partial charge is 0.338 e. The predicted molar refractivity (Wildman–Crippen MR) is 94.0 cm³/mol. The number of nitro groups is 1. The Morgan fingerprint density at radius 2 is 2.00 bits per heavy atom. The van der Waals surface area contributed by atoms with Gasteiger partial charge in [-0.2, -0.15) is 5.10 Å². The average molecular weight is 355 g/mol. The number of benzene rings is 1. The van der Waals surface area contributed by atoms with Gasteiger partial charge in [-0.1, -0.05) is 19.3 Å². The van der Waals surface area contributed by atoms with Crippen molar-refractivity contribution in [2.45, 2.75) is 32.1 Å². The first-order chi connectivity index (χ1) is 12.6. The van der Waals surface area contributed by atoms with E-state index in [1.807, 2.05) is 4.90 Å². The van der Waals surface area contributed by atoms with Crippen LogP contribution in [0.3, 0.4) is 0 Å². The minimum Gasteiger partial charge on any atom is -0.338 e. The smallest absolute Gasteiger partial charge is 0.295 e. The summed E-state index contributed by atoms with van der Waals surface area (Å²) in [5, 5.41) is 15.4. The molecule has 1 amide bonds. The molecule has 2 aromatic rings. The maximum absolute atomic E-state index is 12.9. The summed E-state index contributed by atoms with van der Waals surface area (Å²) in [5.74, 6) is 1.19. The lowest BCUT2D eigenvalue weighted by atomic mass is 9.75. The molecule has 1 aliphatic heterocycles. The van der Waals surface area contributed by atoms with Gasteiger partial charge >= 0.3 is 0 Å². The van der Waals surface area contributed by atoms with Crippen LogP contribution in [-0.2, 0) is 0 Å². The first kappa shape index (κ1) is 16.7. The standard InChI is InChI=1S/C18H21N5O3/c24-18(21-8-7-13-3-1-2-4-15(13)10-21)14-5-6-16(17(9-14)23(25)26)22-12-19-11-20-22/h5-6,9,11-13,15H,1-4,7-8,10H2/t13-,15+/m1/s1. The fraction of sp³-hybridized carbons (Fsp3) is 0.500. The number of likely N-dealkylation sites (tertiary alicyclic amines) is 1. The highest BCUT2D eigenvalue weighted by Gasteiger charge is 2.33. The van der Waals surface area contributed by atoms with E-state index in [2.05, 4.69) is 10.1 Å². The summed E-state index contributed by atoms with van der Waals surface area (Å²) in [5.41, 5.74) is 0.513. The summed E-state index contributed by atoms with van der Waals surface area (Å²) in [6, 6.07) is 4.55. The van der Waals surface area contributed by atoms with Gasteiger partial charge in [0.25, 0.3) is 11.6 Å². The lowest BCUT2D eigenvalue weighted by Gasteiger charge is -2.41. The molecule has 0 bridgehead atoms. The van der Waals surface area contributed by atoms with E-state index in [1.54, 1.807) is 12.1 Å². The van der Waals surface area contributed by atoms with E-state index in [1.165, 1.54) is 49.1 Å². The third-order valence-electron chi connectivity index (χ3n) is 5.66. The van der Waals surface area contributed by atoms with Crippen LogP contribution in [0.2, 0.25) is 0 Å². The van der Waals surface area contributed by atoms with Gasteiger partial charge in [0.05, 0.1) is 4.92 Å². The van der Waals surface area contributed by atoms with Crippen molar-refractivity contribution < 1.29 is 9.72 Å². The molecule has 0 unspecified atom stereocenters. The number of carbonyl (C=O) groups excluding carboxylic acids is 1. The van der Waals surface area contributed by atoms with Crippen molar-refractivity contribution >= 4 is 11.6 Å². The van der Waals surface area contributed by atoms with Crippen molar-refractivity contribution in [2.24, 2.45) is 11.8 Å². The maximum Gasteiger partial charge on any atom is 0.295 e. The second kappa shape index (κ2) is 6.86. The summed E-state index contributed by atoms with van der Waals surface area (Å²) < 4.78 is 1.33. The summed E-state index contributed by atoms with van der Waals surface area (Å²) in [7, 11) is 0. The summed E-state index contributed by atoms with van der Waals surface area (Å²) in [6.45, 7) is 1.50. The van der Waals surface area contributed by atoms with Gasteiger partial charge in [0.15, 0.2) is 0 Å². The number of nitro benzene ring substituents is 1. The van der Waals surface area contributed by atoms with Crippen molar-refractivity contribution in [3.63, 3.8) is 0 Å². The normalized spacial score (nSPS) is 22.7. The molecular formula is C18H21N5O3. The predicted octanol–water partition coefficient (Wildman–Crippen LogP) is 2.83. The lowest BCUT2D eigenvalue weighted by molar-refractivity contribution is -0.384. The zero-order valence-electron chi connectivity index (χ0n) is 14.5. The minimum absolute atomic E-state index is 0.123. The number of nitrogens with zero attached hydrogens (tertiary/aromatic N) is 5. The van der Waals surface area contributed by atoms with Gasteiger partial charge in [-0.15, -0.1) is 0 Å². The van der Waals surface area contributed by atoms with Gasteiger partial charge in [-0.05, 0) is 36.8 Å². The number of fused-ring (bicyclic) bond motifs is 1. The zero-order chi connectivity index (χ0) is 18.1. The number of hydrogen-bond acceptors (Lipinski definition) is 5. The summed E-state index contributed by atoms with van der Waals surface area (Å²) in [4.78, 5) is 29.6. The molecule has 8 nitrogen and oxygen atoms in total. The minimum atomic E-state index is -0.485. The van der Waals surface area contributed by atoms with Crippen molar-refractivity contribution in [3.8, 4) is 5.69 Å². The average Bonchev–Trinajstić information content (AvgIpc) is 3.21. The molecule has 8 heteroatoms. The summed E-state index contributed by atoms with van der Waals surface area (Å²) >= 11 is 0. The molecule has 2 atom stereocenters. The number of piperidine rings is 1. The number of amides is 1. The van der Waals surface area contributed by atoms with Crippen molar-refractivity contribution in [3.05, 3.63) is 46.5 Å². The quantitative estimate of drug-likeness (QED) is 0.623. The summed E-state index contributed by atoms with van der Waals surface area (Å²) in [6.07, 6.45) is 8.74. The van der Waals surface area contributed by atoms with E-state index < -0.39 is 4.92 Å². The lowest BCUT2D eigenvalue weighted by Crippen LogP contribution is -2.44. The van der Waals surface area contributed by atoms with Gasteiger partial charge in [0, 0.05) is 24.7 Å². The molecule has 0 radical (unpaired) electrons. The van der Waals surface area contributed by atoms with E-state index in [0.717, 1.165) is 25.4 Å². The van der Waals surface area contributed by atoms with Crippen LogP contribution in [0.25, 0.3) is 5.69 Å². The Kier molecular flexibility index (Phi) is 4.40. The van der Waals surface area contributed by atoms with E-state index >= 15 is 0 Å². The molecule has 1 aliphatic carbocycles. The van der Waals surface area contributed by atoms with Gasteiger partial charge in [0.1, 0.15) is 18.3 Å². The van der Waals surface area contributed by atoms with Crippen LogP contribution >= 0.6 is 0 Å². The van der Waals surface area contributed by atoms with Crippen LogP contribution in [0.1, 0.15) is 42.5 Å². The van der Waals surface area contributed by atoms with Crippen molar-refractivity contribution in [1.29, 1.82) is 0 Å².